The molecule has 146 valence electrons. The molecule has 0 bridgehead atoms. The van der Waals surface area contributed by atoms with Gasteiger partial charge in [-0.1, -0.05) is 0 Å². The van der Waals surface area contributed by atoms with E-state index in [1.807, 2.05) is 12.1 Å². The van der Waals surface area contributed by atoms with Crippen molar-refractivity contribution in [1.29, 1.82) is 0 Å². The van der Waals surface area contributed by atoms with Crippen molar-refractivity contribution in [1.82, 2.24) is 20.6 Å². The van der Waals surface area contributed by atoms with E-state index >= 15 is 0 Å². The SMILES string of the molecule is O=C1NC(=O)C(=Cc2ccnc(N3CCC(CNCc4ccco4)CC3)n2)S1. The Hall–Kier alpha value is -2.65. The molecule has 2 aromatic rings. The molecule has 0 unspecified atom stereocenters. The molecule has 2 saturated heterocycles. The van der Waals surface area contributed by atoms with Crippen molar-refractivity contribution in [3.05, 3.63) is 47.0 Å². The van der Waals surface area contributed by atoms with Gasteiger partial charge in [0.2, 0.25) is 5.95 Å². The van der Waals surface area contributed by atoms with Gasteiger partial charge in [0.25, 0.3) is 11.1 Å². The lowest BCUT2D eigenvalue weighted by Gasteiger charge is -2.32. The van der Waals surface area contributed by atoms with E-state index in [1.54, 1.807) is 24.6 Å². The van der Waals surface area contributed by atoms with Gasteiger partial charge < -0.3 is 14.6 Å². The number of carbonyl (C=O) groups is 2. The Morgan fingerprint density at radius 2 is 2.18 bits per heavy atom. The van der Waals surface area contributed by atoms with Crippen LogP contribution in [0.3, 0.4) is 0 Å². The molecule has 2 aliphatic heterocycles. The van der Waals surface area contributed by atoms with Gasteiger partial charge in [0.1, 0.15) is 5.76 Å². The van der Waals surface area contributed by atoms with Crippen LogP contribution in [-0.4, -0.2) is 40.7 Å². The predicted octanol–water partition coefficient (Wildman–Crippen LogP) is 2.40. The quantitative estimate of drug-likeness (QED) is 0.714. The smallest absolute Gasteiger partial charge is 0.290 e. The van der Waals surface area contributed by atoms with Crippen LogP contribution in [0, 0.1) is 5.92 Å². The highest BCUT2D eigenvalue weighted by Crippen LogP contribution is 2.26. The molecule has 8 nitrogen and oxygen atoms in total. The van der Waals surface area contributed by atoms with Crippen LogP contribution < -0.4 is 15.5 Å². The minimum atomic E-state index is -0.377. The normalized spacial score (nSPS) is 19.4. The van der Waals surface area contributed by atoms with Gasteiger partial charge >= 0.3 is 0 Å². The van der Waals surface area contributed by atoms with Crippen molar-refractivity contribution < 1.29 is 14.0 Å². The van der Waals surface area contributed by atoms with Gasteiger partial charge in [0, 0.05) is 19.3 Å². The van der Waals surface area contributed by atoms with Crippen LogP contribution in [0.15, 0.2) is 40.0 Å². The van der Waals surface area contributed by atoms with Crippen molar-refractivity contribution in [3.63, 3.8) is 0 Å². The third-order valence-electron chi connectivity index (χ3n) is 4.80. The fourth-order valence-corrected chi connectivity index (χ4v) is 3.97. The average Bonchev–Trinajstić information content (AvgIpc) is 3.32. The van der Waals surface area contributed by atoms with Crippen LogP contribution in [0.1, 0.15) is 24.3 Å². The molecule has 2 fully saturated rings. The minimum Gasteiger partial charge on any atom is -0.468 e. The van der Waals surface area contributed by atoms with Gasteiger partial charge in [-0.05, 0) is 61.3 Å². The summed E-state index contributed by atoms with van der Waals surface area (Å²) in [4.78, 5) is 34.4. The van der Waals surface area contributed by atoms with Gasteiger partial charge in [0.05, 0.1) is 23.4 Å². The lowest BCUT2D eigenvalue weighted by atomic mass is 9.97. The number of nitrogens with one attached hydrogen (secondary N) is 2. The van der Waals surface area contributed by atoms with Gasteiger partial charge in [-0.2, -0.15) is 0 Å². The lowest BCUT2D eigenvalue weighted by Crippen LogP contribution is -2.38. The zero-order valence-electron chi connectivity index (χ0n) is 15.3. The van der Waals surface area contributed by atoms with E-state index in [0.29, 0.717) is 22.5 Å². The van der Waals surface area contributed by atoms with E-state index in [0.717, 1.165) is 56.5 Å². The van der Waals surface area contributed by atoms with Crippen LogP contribution >= 0.6 is 11.8 Å². The molecule has 28 heavy (non-hydrogen) atoms. The third-order valence-corrected chi connectivity index (χ3v) is 5.61. The van der Waals surface area contributed by atoms with Crippen molar-refractivity contribution in [2.45, 2.75) is 19.4 Å². The summed E-state index contributed by atoms with van der Waals surface area (Å²) in [7, 11) is 0. The van der Waals surface area contributed by atoms with Crippen LogP contribution in [0.25, 0.3) is 6.08 Å². The third kappa shape index (κ3) is 4.60. The molecule has 2 aliphatic rings. The number of piperidine rings is 1. The Kier molecular flexibility index (Phi) is 5.73. The fourth-order valence-electron chi connectivity index (χ4n) is 3.30. The molecule has 2 amide bonds. The number of aromatic nitrogens is 2. The Labute approximate surface area is 166 Å². The van der Waals surface area contributed by atoms with Crippen LogP contribution in [0.4, 0.5) is 10.7 Å². The summed E-state index contributed by atoms with van der Waals surface area (Å²) >= 11 is 0.891. The van der Waals surface area contributed by atoms with E-state index in [9.17, 15) is 9.59 Å². The number of hydrogen-bond acceptors (Lipinski definition) is 8. The second kappa shape index (κ2) is 8.57. The Balaban J connectivity index is 1.30. The lowest BCUT2D eigenvalue weighted by molar-refractivity contribution is -0.115. The second-order valence-corrected chi connectivity index (χ2v) is 7.79. The van der Waals surface area contributed by atoms with E-state index < -0.39 is 0 Å². The van der Waals surface area contributed by atoms with E-state index in [4.69, 9.17) is 4.42 Å². The van der Waals surface area contributed by atoms with E-state index in [2.05, 4.69) is 25.5 Å². The molecule has 2 aromatic heterocycles. The maximum atomic E-state index is 11.7. The fraction of sp³-hybridized carbons (Fsp3) is 0.368. The number of anilines is 1. The monoisotopic (exact) mass is 399 g/mol. The van der Waals surface area contributed by atoms with Crippen molar-refractivity contribution in [2.75, 3.05) is 24.5 Å². The highest BCUT2D eigenvalue weighted by Gasteiger charge is 2.25. The molecule has 4 rings (SSSR count). The topological polar surface area (TPSA) is 100 Å². The van der Waals surface area contributed by atoms with Crippen molar-refractivity contribution in [2.24, 2.45) is 5.92 Å². The number of amides is 2. The summed E-state index contributed by atoms with van der Waals surface area (Å²) in [5.41, 5.74) is 0.625. The van der Waals surface area contributed by atoms with Gasteiger partial charge in [-0.15, -0.1) is 0 Å². The van der Waals surface area contributed by atoms with Crippen LogP contribution in [-0.2, 0) is 11.3 Å². The maximum Gasteiger partial charge on any atom is 0.290 e. The first-order valence-corrected chi connectivity index (χ1v) is 10.0. The van der Waals surface area contributed by atoms with Gasteiger partial charge in [-0.25, -0.2) is 9.97 Å². The molecular formula is C19H21N5O3S. The molecular weight excluding hydrogens is 378 g/mol. The number of thioether (sulfide) groups is 1. The minimum absolute atomic E-state index is 0.353. The summed E-state index contributed by atoms with van der Waals surface area (Å²) in [5.74, 6) is 1.85. The summed E-state index contributed by atoms with van der Waals surface area (Å²) in [6.07, 6.45) is 7.13. The molecule has 9 heteroatoms. The first-order valence-electron chi connectivity index (χ1n) is 9.23. The maximum absolute atomic E-state index is 11.7. The Bertz CT molecular complexity index is 875. The first-order chi connectivity index (χ1) is 13.7. The van der Waals surface area contributed by atoms with Gasteiger partial charge in [-0.3, -0.25) is 14.9 Å². The average molecular weight is 399 g/mol. The van der Waals surface area contributed by atoms with Crippen molar-refractivity contribution in [3.8, 4) is 0 Å². The second-order valence-electron chi connectivity index (χ2n) is 6.77. The number of imide groups is 1. The standard InChI is InChI=1S/C19H21N5O3S/c25-17-16(28-19(26)23-17)10-14-3-6-21-18(22-14)24-7-4-13(5-8-24)11-20-12-15-2-1-9-27-15/h1-3,6,9-10,13,20H,4-5,7-8,11-12H2,(H,23,25,26). The molecule has 0 radical (unpaired) electrons. The molecule has 2 N–H and O–H groups in total. The highest BCUT2D eigenvalue weighted by atomic mass is 32.2. The summed E-state index contributed by atoms with van der Waals surface area (Å²) in [6, 6.07) is 5.60. The highest BCUT2D eigenvalue weighted by molar-refractivity contribution is 8.18. The van der Waals surface area contributed by atoms with Crippen LogP contribution in [0.2, 0.25) is 0 Å². The van der Waals surface area contributed by atoms with E-state index in [1.165, 1.54) is 0 Å². The zero-order valence-corrected chi connectivity index (χ0v) is 16.1. The summed E-state index contributed by atoms with van der Waals surface area (Å²) < 4.78 is 5.33. The first kappa shape index (κ1) is 18.7. The molecule has 4 heterocycles. The Morgan fingerprint density at radius 3 is 2.89 bits per heavy atom. The largest absolute Gasteiger partial charge is 0.468 e. The molecule has 0 atom stereocenters. The van der Waals surface area contributed by atoms with Gasteiger partial charge in [0.15, 0.2) is 0 Å². The molecule has 0 aliphatic carbocycles. The molecule has 0 saturated carbocycles. The number of furan rings is 1. The Morgan fingerprint density at radius 1 is 1.32 bits per heavy atom. The van der Waals surface area contributed by atoms with Crippen molar-refractivity contribution >= 4 is 34.9 Å². The van der Waals surface area contributed by atoms with E-state index in [-0.39, 0.29) is 11.1 Å². The van der Waals surface area contributed by atoms with Crippen LogP contribution in [0.5, 0.6) is 0 Å². The summed E-state index contributed by atoms with van der Waals surface area (Å²) in [5, 5.41) is 5.34. The summed E-state index contributed by atoms with van der Waals surface area (Å²) in [6.45, 7) is 3.49. The number of rotatable bonds is 6. The number of carbonyl (C=O) groups excluding carboxylic acids is 2. The predicted molar refractivity (Wildman–Crippen MR) is 106 cm³/mol. The number of hydrogen-bond donors (Lipinski definition) is 2. The zero-order chi connectivity index (χ0) is 19.3. The molecule has 0 spiro atoms. The number of nitrogens with zero attached hydrogens (tertiary/aromatic N) is 3. The molecule has 0 aromatic carbocycles.